The first kappa shape index (κ1) is 12.2. The third-order valence-corrected chi connectivity index (χ3v) is 8.34. The Morgan fingerprint density at radius 3 is 1.83 bits per heavy atom. The molecule has 0 fully saturated rings. The van der Waals surface area contributed by atoms with Gasteiger partial charge in [0.1, 0.15) is 0 Å². The van der Waals surface area contributed by atoms with E-state index in [0.717, 1.165) is 11.5 Å². The van der Waals surface area contributed by atoms with Crippen molar-refractivity contribution < 1.29 is 0 Å². The van der Waals surface area contributed by atoms with Gasteiger partial charge in [-0.1, -0.05) is 59.7 Å². The predicted octanol–water partition coefficient (Wildman–Crippen LogP) is 4.54. The Hall–Kier alpha value is 0.217. The summed E-state index contributed by atoms with van der Waals surface area (Å²) >= 11 is 0. The van der Waals surface area contributed by atoms with E-state index in [2.05, 4.69) is 40.8 Å². The van der Waals surface area contributed by atoms with Crippen molar-refractivity contribution in [3.63, 3.8) is 0 Å². The normalized spacial score (nSPS) is 17.5. The first-order valence-electron chi connectivity index (χ1n) is 5.44. The van der Waals surface area contributed by atoms with Crippen LogP contribution in [0.3, 0.4) is 0 Å². The van der Waals surface area contributed by atoms with Crippen LogP contribution in [0.25, 0.3) is 0 Å². The maximum Gasteiger partial charge on any atom is 0.0504 e. The summed E-state index contributed by atoms with van der Waals surface area (Å²) in [5.41, 5.74) is 0.992. The van der Waals surface area contributed by atoms with Gasteiger partial charge < -0.3 is 0 Å². The highest BCUT2D eigenvalue weighted by molar-refractivity contribution is 6.78. The fourth-order valence-electron chi connectivity index (χ4n) is 1.80. The molecule has 0 aromatic heterocycles. The van der Waals surface area contributed by atoms with Crippen molar-refractivity contribution in [3.8, 4) is 0 Å². The van der Waals surface area contributed by atoms with E-state index in [1.165, 1.54) is 18.9 Å². The fourth-order valence-corrected chi connectivity index (χ4v) is 5.39. The van der Waals surface area contributed by atoms with Crippen LogP contribution in [0.4, 0.5) is 0 Å². The number of hydrogen-bond acceptors (Lipinski definition) is 0. The SMILES string of the molecule is CCC(C)C[Si](C)(C)C(C)CC. The molecule has 0 radical (unpaired) electrons. The van der Waals surface area contributed by atoms with Crippen LogP contribution in [0.1, 0.15) is 40.5 Å². The van der Waals surface area contributed by atoms with Crippen LogP contribution in [-0.2, 0) is 0 Å². The molecular weight excluding hydrogens is 160 g/mol. The van der Waals surface area contributed by atoms with Crippen LogP contribution in [0.15, 0.2) is 0 Å². The molecule has 0 aromatic carbocycles. The molecule has 2 atom stereocenters. The summed E-state index contributed by atoms with van der Waals surface area (Å²) in [5.74, 6) is 0.945. The van der Waals surface area contributed by atoms with E-state index >= 15 is 0 Å². The van der Waals surface area contributed by atoms with Gasteiger partial charge in [0.25, 0.3) is 0 Å². The van der Waals surface area contributed by atoms with Crippen LogP contribution in [-0.4, -0.2) is 8.07 Å². The molecule has 0 aliphatic heterocycles. The monoisotopic (exact) mass is 186 g/mol. The lowest BCUT2D eigenvalue weighted by Gasteiger charge is -2.31. The maximum atomic E-state index is 2.55. The summed E-state index contributed by atoms with van der Waals surface area (Å²) in [6, 6.07) is 1.51. The molecule has 0 amide bonds. The quantitative estimate of drug-likeness (QED) is 0.553. The van der Waals surface area contributed by atoms with Crippen LogP contribution in [0.2, 0.25) is 24.7 Å². The van der Waals surface area contributed by atoms with Gasteiger partial charge in [-0.25, -0.2) is 0 Å². The second-order valence-electron chi connectivity index (χ2n) is 5.02. The van der Waals surface area contributed by atoms with Crippen molar-refractivity contribution in [1.29, 1.82) is 0 Å². The zero-order chi connectivity index (χ0) is 9.78. The van der Waals surface area contributed by atoms with Gasteiger partial charge in [-0.3, -0.25) is 0 Å². The minimum Gasteiger partial charge on any atom is -0.0691 e. The van der Waals surface area contributed by atoms with Crippen molar-refractivity contribution in [3.05, 3.63) is 0 Å². The van der Waals surface area contributed by atoms with E-state index in [4.69, 9.17) is 0 Å². The van der Waals surface area contributed by atoms with E-state index in [0.29, 0.717) is 0 Å². The first-order chi connectivity index (χ1) is 5.44. The van der Waals surface area contributed by atoms with Crippen molar-refractivity contribution >= 4 is 8.07 Å². The van der Waals surface area contributed by atoms with E-state index in [1.807, 2.05) is 0 Å². The molecule has 12 heavy (non-hydrogen) atoms. The van der Waals surface area contributed by atoms with E-state index in [1.54, 1.807) is 0 Å². The molecule has 74 valence electrons. The zero-order valence-corrected chi connectivity index (χ0v) is 10.8. The number of hydrogen-bond donors (Lipinski definition) is 0. The second kappa shape index (κ2) is 5.06. The Kier molecular flexibility index (Phi) is 5.15. The summed E-state index contributed by atoms with van der Waals surface area (Å²) in [4.78, 5) is 0. The summed E-state index contributed by atoms with van der Waals surface area (Å²) < 4.78 is 0. The average molecular weight is 186 g/mol. The van der Waals surface area contributed by atoms with Gasteiger partial charge >= 0.3 is 0 Å². The lowest BCUT2D eigenvalue weighted by atomic mass is 10.2. The predicted molar refractivity (Wildman–Crippen MR) is 61.5 cm³/mol. The van der Waals surface area contributed by atoms with Gasteiger partial charge in [0.15, 0.2) is 0 Å². The van der Waals surface area contributed by atoms with Crippen molar-refractivity contribution in [2.75, 3.05) is 0 Å². The molecule has 0 rings (SSSR count). The molecule has 0 spiro atoms. The van der Waals surface area contributed by atoms with Gasteiger partial charge in [0.2, 0.25) is 0 Å². The van der Waals surface area contributed by atoms with Crippen molar-refractivity contribution in [2.24, 2.45) is 5.92 Å². The largest absolute Gasteiger partial charge is 0.0691 e. The Balaban J connectivity index is 4.02. The molecule has 0 heterocycles. The van der Waals surface area contributed by atoms with E-state index in [-0.39, 0.29) is 0 Å². The summed E-state index contributed by atoms with van der Waals surface area (Å²) in [6.07, 6.45) is 2.72. The van der Waals surface area contributed by atoms with Gasteiger partial charge in [-0.05, 0) is 11.5 Å². The Morgan fingerprint density at radius 2 is 1.50 bits per heavy atom. The number of rotatable bonds is 5. The molecule has 0 aromatic rings. The van der Waals surface area contributed by atoms with Crippen LogP contribution >= 0.6 is 0 Å². The summed E-state index contributed by atoms with van der Waals surface area (Å²) in [7, 11) is -0.891. The van der Waals surface area contributed by atoms with Crippen molar-refractivity contribution in [2.45, 2.75) is 65.2 Å². The lowest BCUT2D eigenvalue weighted by Crippen LogP contribution is -2.32. The molecule has 0 bridgehead atoms. The highest BCUT2D eigenvalue weighted by atomic mass is 28.3. The van der Waals surface area contributed by atoms with Gasteiger partial charge in [0, 0.05) is 0 Å². The maximum absolute atomic E-state index is 2.55. The van der Waals surface area contributed by atoms with Gasteiger partial charge in [-0.2, -0.15) is 0 Å². The molecule has 0 saturated carbocycles. The molecule has 0 aliphatic rings. The summed E-state index contributed by atoms with van der Waals surface area (Å²) in [5, 5.41) is 0. The molecule has 0 nitrogen and oxygen atoms in total. The minimum absolute atomic E-state index is 0.891. The van der Waals surface area contributed by atoms with Crippen LogP contribution in [0, 0.1) is 5.92 Å². The molecule has 0 N–H and O–H groups in total. The highest BCUT2D eigenvalue weighted by Crippen LogP contribution is 2.31. The Morgan fingerprint density at radius 1 is 1.00 bits per heavy atom. The second-order valence-corrected chi connectivity index (χ2v) is 10.4. The lowest BCUT2D eigenvalue weighted by molar-refractivity contribution is 0.607. The van der Waals surface area contributed by atoms with Gasteiger partial charge in [-0.15, -0.1) is 0 Å². The third kappa shape index (κ3) is 3.75. The first-order valence-corrected chi connectivity index (χ1v) is 8.72. The third-order valence-electron chi connectivity index (χ3n) is 3.52. The molecule has 0 saturated heterocycles. The summed E-state index contributed by atoms with van der Waals surface area (Å²) in [6.45, 7) is 14.6. The average Bonchev–Trinajstić information content (AvgIpc) is 2.02. The van der Waals surface area contributed by atoms with E-state index < -0.39 is 8.07 Å². The topological polar surface area (TPSA) is 0 Å². The molecule has 1 heteroatoms. The molecular formula is C11H26Si. The van der Waals surface area contributed by atoms with Crippen molar-refractivity contribution in [1.82, 2.24) is 0 Å². The van der Waals surface area contributed by atoms with Gasteiger partial charge in [0.05, 0.1) is 8.07 Å². The fraction of sp³-hybridized carbons (Fsp3) is 1.00. The molecule has 0 aliphatic carbocycles. The zero-order valence-electron chi connectivity index (χ0n) is 9.78. The van der Waals surface area contributed by atoms with Crippen LogP contribution in [0.5, 0.6) is 0 Å². The molecule has 2 unspecified atom stereocenters. The van der Waals surface area contributed by atoms with Crippen LogP contribution < -0.4 is 0 Å². The standard InChI is InChI=1S/C11H26Si/c1-7-10(3)9-12(5,6)11(4)8-2/h10-11H,7-9H2,1-6H3. The smallest absolute Gasteiger partial charge is 0.0504 e. The highest BCUT2D eigenvalue weighted by Gasteiger charge is 2.27. The minimum atomic E-state index is -0.891. The Labute approximate surface area is 79.8 Å². The Bertz CT molecular complexity index is 118. The van der Waals surface area contributed by atoms with E-state index in [9.17, 15) is 0 Å².